The van der Waals surface area contributed by atoms with Gasteiger partial charge in [0.25, 0.3) is 0 Å². The highest BCUT2D eigenvalue weighted by atomic mass is 35.5. The van der Waals surface area contributed by atoms with E-state index in [1.807, 2.05) is 0 Å². The van der Waals surface area contributed by atoms with Crippen LogP contribution in [-0.4, -0.2) is 16.1 Å². The van der Waals surface area contributed by atoms with Crippen LogP contribution in [0.1, 0.15) is 10.4 Å². The molecule has 0 fully saturated rings. The van der Waals surface area contributed by atoms with Gasteiger partial charge in [-0.05, 0) is 30.3 Å². The van der Waals surface area contributed by atoms with Crippen molar-refractivity contribution in [2.75, 3.05) is 0 Å². The van der Waals surface area contributed by atoms with Crippen molar-refractivity contribution in [3.63, 3.8) is 0 Å². The first-order valence-corrected chi connectivity index (χ1v) is 5.27. The van der Waals surface area contributed by atoms with Crippen LogP contribution in [0.5, 0.6) is 11.6 Å². The molecule has 0 aliphatic rings. The first-order valence-electron chi connectivity index (χ1n) is 4.89. The summed E-state index contributed by atoms with van der Waals surface area (Å²) in [4.78, 5) is 14.8. The average Bonchev–Trinajstić information content (AvgIpc) is 2.34. The number of aromatic nitrogens is 1. The number of hydrogen-bond donors (Lipinski definition) is 1. The molecule has 6 heteroatoms. The number of ether oxygens (including phenoxy) is 1. The summed E-state index contributed by atoms with van der Waals surface area (Å²) in [6.45, 7) is 0. The standard InChI is InChI=1S/C12H7ClFNO3/c13-9-2-1-5-15-11(9)18-10-4-3-7(14)6-8(10)12(16)17/h1-6H,(H,16,17). The summed E-state index contributed by atoms with van der Waals surface area (Å²) in [5, 5.41) is 9.17. The number of halogens is 2. The fourth-order valence-corrected chi connectivity index (χ4v) is 1.47. The van der Waals surface area contributed by atoms with Crippen molar-refractivity contribution in [1.82, 2.24) is 4.98 Å². The molecule has 0 saturated carbocycles. The molecule has 0 unspecified atom stereocenters. The molecule has 1 aromatic carbocycles. The smallest absolute Gasteiger partial charge is 0.339 e. The van der Waals surface area contributed by atoms with Crippen molar-refractivity contribution in [3.05, 3.63) is 52.9 Å². The van der Waals surface area contributed by atoms with Gasteiger partial charge in [-0.15, -0.1) is 0 Å². The van der Waals surface area contributed by atoms with Gasteiger partial charge < -0.3 is 9.84 Å². The summed E-state index contributed by atoms with van der Waals surface area (Å²) in [6, 6.07) is 6.34. The minimum absolute atomic E-state index is 0.0236. The molecule has 92 valence electrons. The van der Waals surface area contributed by atoms with E-state index in [9.17, 15) is 9.18 Å². The van der Waals surface area contributed by atoms with E-state index in [1.165, 1.54) is 12.3 Å². The summed E-state index contributed by atoms with van der Waals surface area (Å²) in [5.74, 6) is -1.92. The second-order valence-electron chi connectivity index (χ2n) is 3.34. The largest absolute Gasteiger partial charge is 0.478 e. The maximum absolute atomic E-state index is 13.0. The average molecular weight is 268 g/mol. The number of aromatic carboxylic acids is 1. The van der Waals surface area contributed by atoms with Crippen LogP contribution < -0.4 is 4.74 Å². The molecule has 4 nitrogen and oxygen atoms in total. The lowest BCUT2D eigenvalue weighted by Crippen LogP contribution is -2.01. The van der Waals surface area contributed by atoms with Crippen LogP contribution in [-0.2, 0) is 0 Å². The van der Waals surface area contributed by atoms with Crippen LogP contribution in [0.4, 0.5) is 4.39 Å². The third kappa shape index (κ3) is 2.57. The Bertz CT molecular complexity index is 604. The highest BCUT2D eigenvalue weighted by molar-refractivity contribution is 6.31. The predicted molar refractivity (Wildman–Crippen MR) is 62.7 cm³/mol. The topological polar surface area (TPSA) is 59.4 Å². The number of rotatable bonds is 3. The fourth-order valence-electron chi connectivity index (χ4n) is 1.31. The van der Waals surface area contributed by atoms with Gasteiger partial charge in [0.2, 0.25) is 5.88 Å². The molecule has 2 rings (SSSR count). The van der Waals surface area contributed by atoms with Crippen LogP contribution in [0.25, 0.3) is 0 Å². The normalized spacial score (nSPS) is 10.1. The van der Waals surface area contributed by atoms with Crippen LogP contribution in [0.15, 0.2) is 36.5 Å². The molecule has 0 spiro atoms. The number of benzene rings is 1. The number of hydrogen-bond acceptors (Lipinski definition) is 3. The lowest BCUT2D eigenvalue weighted by molar-refractivity contribution is 0.0693. The third-order valence-electron chi connectivity index (χ3n) is 2.10. The molecular weight excluding hydrogens is 261 g/mol. The maximum Gasteiger partial charge on any atom is 0.339 e. The molecule has 1 heterocycles. The Labute approximate surface area is 107 Å². The van der Waals surface area contributed by atoms with Crippen LogP contribution in [0, 0.1) is 5.82 Å². The Morgan fingerprint density at radius 2 is 2.17 bits per heavy atom. The first kappa shape index (κ1) is 12.3. The molecule has 0 atom stereocenters. The Morgan fingerprint density at radius 3 is 2.83 bits per heavy atom. The number of carboxylic acid groups (broad SMARTS) is 1. The zero-order valence-electron chi connectivity index (χ0n) is 8.93. The van der Waals surface area contributed by atoms with E-state index in [0.717, 1.165) is 12.1 Å². The van der Waals surface area contributed by atoms with Crippen LogP contribution >= 0.6 is 11.6 Å². The summed E-state index contributed by atoms with van der Waals surface area (Å²) < 4.78 is 18.2. The SMILES string of the molecule is O=C(O)c1cc(F)ccc1Oc1ncccc1Cl. The molecule has 18 heavy (non-hydrogen) atoms. The number of pyridine rings is 1. The minimum atomic E-state index is -1.29. The Kier molecular flexibility index (Phi) is 3.43. The molecule has 0 radical (unpaired) electrons. The van der Waals surface area contributed by atoms with Crippen molar-refractivity contribution in [2.24, 2.45) is 0 Å². The van der Waals surface area contributed by atoms with Gasteiger partial charge in [0.05, 0.1) is 0 Å². The lowest BCUT2D eigenvalue weighted by atomic mass is 10.2. The van der Waals surface area contributed by atoms with Gasteiger partial charge in [0.1, 0.15) is 22.2 Å². The monoisotopic (exact) mass is 267 g/mol. The van der Waals surface area contributed by atoms with Crippen molar-refractivity contribution >= 4 is 17.6 Å². The quantitative estimate of drug-likeness (QED) is 0.926. The van der Waals surface area contributed by atoms with E-state index < -0.39 is 11.8 Å². The van der Waals surface area contributed by atoms with Crippen molar-refractivity contribution in [3.8, 4) is 11.6 Å². The van der Waals surface area contributed by atoms with Gasteiger partial charge in [-0.1, -0.05) is 11.6 Å². The summed E-state index contributed by atoms with van der Waals surface area (Å²) in [7, 11) is 0. The van der Waals surface area contributed by atoms with Crippen LogP contribution in [0.2, 0.25) is 5.02 Å². The van der Waals surface area contributed by atoms with Gasteiger partial charge >= 0.3 is 5.97 Å². The zero-order valence-corrected chi connectivity index (χ0v) is 9.69. The van der Waals surface area contributed by atoms with Gasteiger partial charge in [-0.3, -0.25) is 0 Å². The molecule has 0 amide bonds. The molecular formula is C12H7ClFNO3. The first-order chi connectivity index (χ1) is 8.58. The minimum Gasteiger partial charge on any atom is -0.478 e. The van der Waals surface area contributed by atoms with Gasteiger partial charge in [0, 0.05) is 6.20 Å². The maximum atomic E-state index is 13.0. The number of carboxylic acids is 1. The molecule has 2 aromatic rings. The van der Waals surface area contributed by atoms with Gasteiger partial charge in [-0.25, -0.2) is 14.2 Å². The number of carbonyl (C=O) groups is 1. The van der Waals surface area contributed by atoms with Gasteiger partial charge in [0.15, 0.2) is 0 Å². The van der Waals surface area contributed by atoms with E-state index in [-0.39, 0.29) is 22.2 Å². The molecule has 1 aromatic heterocycles. The molecule has 0 bridgehead atoms. The summed E-state index contributed by atoms with van der Waals surface area (Å²) >= 11 is 5.83. The fraction of sp³-hybridized carbons (Fsp3) is 0. The van der Waals surface area contributed by atoms with Crippen molar-refractivity contribution in [2.45, 2.75) is 0 Å². The lowest BCUT2D eigenvalue weighted by Gasteiger charge is -2.08. The molecule has 1 N–H and O–H groups in total. The van der Waals surface area contributed by atoms with Crippen LogP contribution in [0.3, 0.4) is 0 Å². The molecule has 0 aliphatic heterocycles. The Hall–Kier alpha value is -2.14. The van der Waals surface area contributed by atoms with E-state index in [0.29, 0.717) is 0 Å². The van der Waals surface area contributed by atoms with E-state index >= 15 is 0 Å². The van der Waals surface area contributed by atoms with Gasteiger partial charge in [-0.2, -0.15) is 0 Å². The third-order valence-corrected chi connectivity index (χ3v) is 2.39. The Morgan fingerprint density at radius 1 is 1.39 bits per heavy atom. The molecule has 0 aliphatic carbocycles. The van der Waals surface area contributed by atoms with E-state index in [4.69, 9.17) is 21.4 Å². The highest BCUT2D eigenvalue weighted by Crippen LogP contribution is 2.29. The van der Waals surface area contributed by atoms with Crippen molar-refractivity contribution in [1.29, 1.82) is 0 Å². The zero-order chi connectivity index (χ0) is 13.1. The van der Waals surface area contributed by atoms with E-state index in [1.54, 1.807) is 12.1 Å². The Balaban J connectivity index is 2.41. The molecule has 0 saturated heterocycles. The highest BCUT2D eigenvalue weighted by Gasteiger charge is 2.14. The predicted octanol–water partition coefficient (Wildman–Crippen LogP) is 3.36. The second-order valence-corrected chi connectivity index (χ2v) is 3.75. The summed E-state index contributed by atoms with van der Waals surface area (Å²) in [5.41, 5.74) is -0.295. The second kappa shape index (κ2) is 5.01. The number of nitrogens with zero attached hydrogens (tertiary/aromatic N) is 1. The van der Waals surface area contributed by atoms with Crippen molar-refractivity contribution < 1.29 is 19.0 Å². The van der Waals surface area contributed by atoms with E-state index in [2.05, 4.69) is 4.98 Å². The summed E-state index contributed by atoms with van der Waals surface area (Å²) in [6.07, 6.45) is 1.45.